The molecule has 0 saturated carbocycles. The molecule has 2 N–H and O–H groups in total. The van der Waals surface area contributed by atoms with E-state index in [1.165, 1.54) is 14.2 Å². The highest BCUT2D eigenvalue weighted by atomic mass is 16.5. The number of hydrogen-bond acceptors (Lipinski definition) is 6. The summed E-state index contributed by atoms with van der Waals surface area (Å²) in [6, 6.07) is 2.52. The molecule has 1 aromatic rings. The van der Waals surface area contributed by atoms with Crippen LogP contribution in [-0.2, 0) is 20.7 Å². The second-order valence-corrected chi connectivity index (χ2v) is 3.68. The van der Waals surface area contributed by atoms with Crippen molar-refractivity contribution in [2.24, 2.45) is 0 Å². The molecule has 0 radical (unpaired) electrons. The zero-order chi connectivity index (χ0) is 14.3. The van der Waals surface area contributed by atoms with Gasteiger partial charge < -0.3 is 19.9 Å². The fourth-order valence-corrected chi connectivity index (χ4v) is 1.56. The van der Waals surface area contributed by atoms with E-state index < -0.39 is 24.5 Å². The van der Waals surface area contributed by atoms with E-state index in [-0.39, 0.29) is 6.42 Å². The maximum Gasteiger partial charge on any atom is 0.328 e. The number of aliphatic hydroxyl groups is 1. The van der Waals surface area contributed by atoms with Crippen molar-refractivity contribution in [1.29, 1.82) is 0 Å². The largest absolute Gasteiger partial charge is 0.481 e. The van der Waals surface area contributed by atoms with Gasteiger partial charge >= 0.3 is 5.97 Å². The van der Waals surface area contributed by atoms with Crippen molar-refractivity contribution in [1.82, 2.24) is 10.3 Å². The quantitative estimate of drug-likeness (QED) is 0.661. The van der Waals surface area contributed by atoms with Crippen LogP contribution in [0.3, 0.4) is 0 Å². The van der Waals surface area contributed by atoms with Crippen LogP contribution in [0.4, 0.5) is 0 Å². The molecule has 0 bridgehead atoms. The Labute approximate surface area is 110 Å². The van der Waals surface area contributed by atoms with Gasteiger partial charge in [-0.1, -0.05) is 6.07 Å². The van der Waals surface area contributed by atoms with Crippen LogP contribution < -0.4 is 10.1 Å². The van der Waals surface area contributed by atoms with Crippen LogP contribution in [0, 0.1) is 0 Å². The van der Waals surface area contributed by atoms with Crippen LogP contribution in [0.5, 0.6) is 5.88 Å². The fraction of sp³-hybridized carbons (Fsp3) is 0.417. The summed E-state index contributed by atoms with van der Waals surface area (Å²) in [5.41, 5.74) is 0.652. The van der Waals surface area contributed by atoms with E-state index in [2.05, 4.69) is 15.0 Å². The first-order valence-corrected chi connectivity index (χ1v) is 5.58. The smallest absolute Gasteiger partial charge is 0.328 e. The highest BCUT2D eigenvalue weighted by molar-refractivity contribution is 5.85. The number of esters is 1. The van der Waals surface area contributed by atoms with Crippen molar-refractivity contribution < 1.29 is 24.2 Å². The van der Waals surface area contributed by atoms with Gasteiger partial charge in [-0.05, 0) is 6.07 Å². The minimum Gasteiger partial charge on any atom is -0.481 e. The number of nitrogens with zero attached hydrogens (tertiary/aromatic N) is 1. The normalized spacial score (nSPS) is 11.5. The lowest BCUT2D eigenvalue weighted by Crippen LogP contribution is -2.44. The Hall–Kier alpha value is -2.15. The first kappa shape index (κ1) is 14.9. The summed E-state index contributed by atoms with van der Waals surface area (Å²) in [6.07, 6.45) is 1.72. The molecular formula is C12H16N2O5. The second kappa shape index (κ2) is 7.32. The number of carbonyl (C=O) groups is 2. The third-order valence-corrected chi connectivity index (χ3v) is 2.43. The van der Waals surface area contributed by atoms with Gasteiger partial charge in [-0.3, -0.25) is 4.79 Å². The predicted molar refractivity (Wildman–Crippen MR) is 65.5 cm³/mol. The van der Waals surface area contributed by atoms with Gasteiger partial charge in [-0.15, -0.1) is 0 Å². The van der Waals surface area contributed by atoms with E-state index in [0.29, 0.717) is 11.4 Å². The molecule has 0 fully saturated rings. The molecule has 0 aliphatic carbocycles. The number of aromatic nitrogens is 1. The molecule has 1 atom stereocenters. The van der Waals surface area contributed by atoms with Gasteiger partial charge in [-0.2, -0.15) is 0 Å². The average Bonchev–Trinajstić information content (AvgIpc) is 2.45. The first-order chi connectivity index (χ1) is 9.12. The minimum atomic E-state index is -0.900. The number of pyridine rings is 1. The lowest BCUT2D eigenvalue weighted by Gasteiger charge is -2.16. The molecule has 0 spiro atoms. The Morgan fingerprint density at radius 2 is 2.21 bits per heavy atom. The molecule has 7 heteroatoms. The summed E-state index contributed by atoms with van der Waals surface area (Å²) in [6.45, 7) is -0.697. The summed E-state index contributed by atoms with van der Waals surface area (Å²) < 4.78 is 9.67. The highest BCUT2D eigenvalue weighted by Crippen LogP contribution is 2.16. The number of carbonyl (C=O) groups excluding carboxylic acids is 2. The van der Waals surface area contributed by atoms with Crippen LogP contribution in [0.15, 0.2) is 18.3 Å². The van der Waals surface area contributed by atoms with Crippen molar-refractivity contribution >= 4 is 11.9 Å². The molecule has 19 heavy (non-hydrogen) atoms. The summed E-state index contributed by atoms with van der Waals surface area (Å²) in [7, 11) is 2.69. The molecule has 7 nitrogen and oxygen atoms in total. The minimum absolute atomic E-state index is 0.162. The number of aliphatic hydroxyl groups excluding tert-OH is 1. The second-order valence-electron chi connectivity index (χ2n) is 3.68. The molecule has 0 aliphatic rings. The number of hydrogen-bond donors (Lipinski definition) is 2. The van der Waals surface area contributed by atoms with Crippen LogP contribution in [0.2, 0.25) is 0 Å². The Bertz CT molecular complexity index is 450. The fourth-order valence-electron chi connectivity index (χ4n) is 1.56. The summed E-state index contributed by atoms with van der Waals surface area (Å²) in [5.74, 6) is -0.888. The standard InChI is InChI=1S/C12H16N2O5/c1-18-11-8(4-3-5-13-11)6-9(12(17)19-2)14-10(16)7-15/h3-5,9,15H,6-7H2,1-2H3,(H,14,16)/t9-/m1/s1. The Morgan fingerprint density at radius 3 is 2.79 bits per heavy atom. The van der Waals surface area contributed by atoms with Crippen LogP contribution in [0.1, 0.15) is 5.56 Å². The monoisotopic (exact) mass is 268 g/mol. The van der Waals surface area contributed by atoms with Gasteiger partial charge in [0.05, 0.1) is 14.2 Å². The molecule has 1 rings (SSSR count). The topological polar surface area (TPSA) is 97.8 Å². The molecule has 0 saturated heterocycles. The van der Waals surface area contributed by atoms with Crippen LogP contribution in [-0.4, -0.2) is 48.8 Å². The lowest BCUT2D eigenvalue weighted by atomic mass is 10.1. The molecule has 1 aromatic heterocycles. The summed E-state index contributed by atoms with van der Waals surface area (Å²) in [5, 5.41) is 11.1. The van der Waals surface area contributed by atoms with Gasteiger partial charge in [0.1, 0.15) is 12.6 Å². The Balaban J connectivity index is 2.87. The van der Waals surface area contributed by atoms with Crippen molar-refractivity contribution in [3.63, 3.8) is 0 Å². The molecule has 0 aromatic carbocycles. The number of amides is 1. The van der Waals surface area contributed by atoms with Crippen LogP contribution in [0.25, 0.3) is 0 Å². The summed E-state index contributed by atoms with van der Waals surface area (Å²) >= 11 is 0. The number of nitrogens with one attached hydrogen (secondary N) is 1. The molecule has 1 amide bonds. The van der Waals surface area contributed by atoms with E-state index in [0.717, 1.165) is 0 Å². The van der Waals surface area contributed by atoms with E-state index in [4.69, 9.17) is 9.84 Å². The zero-order valence-corrected chi connectivity index (χ0v) is 10.8. The maximum absolute atomic E-state index is 11.6. The van der Waals surface area contributed by atoms with Crippen molar-refractivity contribution in [3.8, 4) is 5.88 Å². The number of rotatable bonds is 6. The predicted octanol–water partition coefficient (Wildman–Crippen LogP) is -0.717. The van der Waals surface area contributed by atoms with Gasteiger partial charge in [0.2, 0.25) is 11.8 Å². The molecular weight excluding hydrogens is 252 g/mol. The van der Waals surface area contributed by atoms with Crippen LogP contribution >= 0.6 is 0 Å². The molecule has 0 unspecified atom stereocenters. The summed E-state index contributed by atoms with van der Waals surface area (Å²) in [4.78, 5) is 26.8. The number of ether oxygens (including phenoxy) is 2. The van der Waals surface area contributed by atoms with Gasteiger partial charge in [0, 0.05) is 18.2 Å². The van der Waals surface area contributed by atoms with E-state index in [9.17, 15) is 9.59 Å². The van der Waals surface area contributed by atoms with E-state index in [1.54, 1.807) is 18.3 Å². The average molecular weight is 268 g/mol. The van der Waals surface area contributed by atoms with Crippen molar-refractivity contribution in [2.45, 2.75) is 12.5 Å². The third-order valence-electron chi connectivity index (χ3n) is 2.43. The molecule has 104 valence electrons. The molecule has 0 aliphatic heterocycles. The van der Waals surface area contributed by atoms with E-state index >= 15 is 0 Å². The Morgan fingerprint density at radius 1 is 1.47 bits per heavy atom. The van der Waals surface area contributed by atoms with Crippen molar-refractivity contribution in [2.75, 3.05) is 20.8 Å². The van der Waals surface area contributed by atoms with Gasteiger partial charge in [0.25, 0.3) is 0 Å². The van der Waals surface area contributed by atoms with E-state index in [1.807, 2.05) is 0 Å². The molecule has 1 heterocycles. The first-order valence-electron chi connectivity index (χ1n) is 5.58. The third kappa shape index (κ3) is 4.22. The SMILES string of the molecule is COC(=O)[C@@H](Cc1cccnc1OC)NC(=O)CO. The Kier molecular flexibility index (Phi) is 5.74. The zero-order valence-electron chi connectivity index (χ0n) is 10.8. The van der Waals surface area contributed by atoms with Crippen molar-refractivity contribution in [3.05, 3.63) is 23.9 Å². The lowest BCUT2D eigenvalue weighted by molar-refractivity contribution is -0.145. The number of methoxy groups -OCH3 is 2. The van der Waals surface area contributed by atoms with Gasteiger partial charge in [0.15, 0.2) is 0 Å². The van der Waals surface area contributed by atoms with Gasteiger partial charge in [-0.25, -0.2) is 9.78 Å². The highest BCUT2D eigenvalue weighted by Gasteiger charge is 2.23. The maximum atomic E-state index is 11.6.